The molecule has 1 aromatic rings. The number of nitrogens with zero attached hydrogens (tertiary/aromatic N) is 1. The smallest absolute Gasteiger partial charge is 0.282 e. The minimum atomic E-state index is -0.311. The molecule has 0 atom stereocenters. The van der Waals surface area contributed by atoms with Crippen LogP contribution in [0, 0.1) is 0 Å². The maximum absolute atomic E-state index is 11.1. The molecule has 0 saturated carbocycles. The fraction of sp³-hybridized carbons (Fsp3) is 0.364. The van der Waals surface area contributed by atoms with Gasteiger partial charge in [-0.05, 0) is 12.1 Å². The van der Waals surface area contributed by atoms with Crippen molar-refractivity contribution in [2.75, 3.05) is 25.2 Å². The number of thiol groups is 1. The largest absolute Gasteiger partial charge is 0.490 e. The Morgan fingerprint density at radius 2 is 2.00 bits per heavy atom. The van der Waals surface area contributed by atoms with E-state index in [1.807, 2.05) is 12.1 Å². The van der Waals surface area contributed by atoms with Crippen molar-refractivity contribution < 1.29 is 14.3 Å². The van der Waals surface area contributed by atoms with Crippen LogP contribution >= 0.6 is 12.6 Å². The quantitative estimate of drug-likeness (QED) is 0.764. The maximum Gasteiger partial charge on any atom is 0.282 e. The fourth-order valence-electron chi connectivity index (χ4n) is 1.47. The number of rotatable bonds is 1. The van der Waals surface area contributed by atoms with Crippen molar-refractivity contribution in [3.05, 3.63) is 18.2 Å². The Balaban J connectivity index is 2.30. The van der Waals surface area contributed by atoms with Gasteiger partial charge in [-0.2, -0.15) is 0 Å². The minimum absolute atomic E-state index is 0.311. The molecule has 1 heterocycles. The molecule has 0 unspecified atom stereocenters. The average molecular weight is 239 g/mol. The Morgan fingerprint density at radius 3 is 2.69 bits per heavy atom. The Kier molecular flexibility index (Phi) is 3.24. The molecule has 1 aliphatic rings. The number of hydrogen-bond donors (Lipinski definition) is 1. The van der Waals surface area contributed by atoms with Crippen molar-refractivity contribution in [1.29, 1.82) is 0 Å². The molecule has 5 heteroatoms. The molecule has 4 nitrogen and oxygen atoms in total. The average Bonchev–Trinajstić information content (AvgIpc) is 2.51. The second-order valence-corrected chi connectivity index (χ2v) is 3.91. The number of ether oxygens (including phenoxy) is 2. The van der Waals surface area contributed by atoms with Gasteiger partial charge in [-0.25, -0.2) is 0 Å². The molecular weight excluding hydrogens is 226 g/mol. The number of amides is 1. The summed E-state index contributed by atoms with van der Waals surface area (Å²) >= 11 is 3.77. The van der Waals surface area contributed by atoms with Crippen LogP contribution in [0.3, 0.4) is 0 Å². The summed E-state index contributed by atoms with van der Waals surface area (Å²) in [6, 6.07) is 5.40. The van der Waals surface area contributed by atoms with E-state index in [1.165, 1.54) is 4.90 Å². The zero-order valence-electron chi connectivity index (χ0n) is 8.97. The van der Waals surface area contributed by atoms with Gasteiger partial charge >= 0.3 is 0 Å². The first-order valence-electron chi connectivity index (χ1n) is 5.05. The molecule has 2 rings (SSSR count). The third kappa shape index (κ3) is 2.24. The zero-order valence-corrected chi connectivity index (χ0v) is 9.87. The molecule has 0 saturated heterocycles. The van der Waals surface area contributed by atoms with Gasteiger partial charge in [-0.3, -0.25) is 4.79 Å². The normalized spacial score (nSPS) is 14.1. The van der Waals surface area contributed by atoms with E-state index in [9.17, 15) is 4.79 Å². The number of fused-ring (bicyclic) bond motifs is 1. The highest BCUT2D eigenvalue weighted by atomic mass is 32.1. The molecular formula is C11H13NO3S. The topological polar surface area (TPSA) is 38.8 Å². The van der Waals surface area contributed by atoms with Crippen LogP contribution in [0.1, 0.15) is 6.42 Å². The lowest BCUT2D eigenvalue weighted by Gasteiger charge is -2.16. The van der Waals surface area contributed by atoms with Gasteiger partial charge in [-0.1, -0.05) is 12.6 Å². The van der Waals surface area contributed by atoms with Crippen LogP contribution in [0.4, 0.5) is 10.5 Å². The fourth-order valence-corrected chi connectivity index (χ4v) is 1.59. The number of carbonyl (C=O) groups excluding carboxylic acids is 1. The molecule has 0 spiro atoms. The van der Waals surface area contributed by atoms with Crippen LogP contribution in [0.25, 0.3) is 0 Å². The van der Waals surface area contributed by atoms with E-state index in [0.717, 1.165) is 17.9 Å². The van der Waals surface area contributed by atoms with Crippen molar-refractivity contribution in [2.45, 2.75) is 6.42 Å². The van der Waals surface area contributed by atoms with Gasteiger partial charge in [0.2, 0.25) is 0 Å². The first-order valence-corrected chi connectivity index (χ1v) is 5.49. The van der Waals surface area contributed by atoms with Gasteiger partial charge in [0.25, 0.3) is 5.24 Å². The Hall–Kier alpha value is -1.36. The third-order valence-electron chi connectivity index (χ3n) is 2.41. The highest BCUT2D eigenvalue weighted by molar-refractivity contribution is 7.96. The number of hydrogen-bond acceptors (Lipinski definition) is 3. The van der Waals surface area contributed by atoms with Gasteiger partial charge in [-0.15, -0.1) is 0 Å². The van der Waals surface area contributed by atoms with E-state index in [2.05, 4.69) is 12.6 Å². The number of anilines is 1. The lowest BCUT2D eigenvalue weighted by atomic mass is 10.2. The summed E-state index contributed by atoms with van der Waals surface area (Å²) in [6.07, 6.45) is 0.866. The molecule has 0 fully saturated rings. The van der Waals surface area contributed by atoms with E-state index in [0.29, 0.717) is 19.0 Å². The molecule has 0 aromatic heterocycles. The molecule has 0 radical (unpaired) electrons. The van der Waals surface area contributed by atoms with Crippen LogP contribution in [-0.2, 0) is 0 Å². The number of benzene rings is 1. The summed E-state index contributed by atoms with van der Waals surface area (Å²) in [4.78, 5) is 12.5. The van der Waals surface area contributed by atoms with Crippen molar-refractivity contribution in [3.63, 3.8) is 0 Å². The predicted octanol–water partition coefficient (Wildman–Crippen LogP) is 2.33. The van der Waals surface area contributed by atoms with Crippen LogP contribution in [0.5, 0.6) is 11.5 Å². The van der Waals surface area contributed by atoms with Crippen molar-refractivity contribution in [3.8, 4) is 11.5 Å². The van der Waals surface area contributed by atoms with E-state index in [-0.39, 0.29) is 5.24 Å². The second-order valence-electron chi connectivity index (χ2n) is 3.52. The van der Waals surface area contributed by atoms with E-state index in [1.54, 1.807) is 13.1 Å². The Bertz CT molecular complexity index is 408. The van der Waals surface area contributed by atoms with E-state index >= 15 is 0 Å². The summed E-state index contributed by atoms with van der Waals surface area (Å²) in [7, 11) is 1.66. The Morgan fingerprint density at radius 1 is 1.31 bits per heavy atom. The molecule has 1 amide bonds. The lowest BCUT2D eigenvalue weighted by molar-refractivity contribution is 0.266. The highest BCUT2D eigenvalue weighted by Gasteiger charge is 2.13. The van der Waals surface area contributed by atoms with Crippen molar-refractivity contribution >= 4 is 23.6 Å². The van der Waals surface area contributed by atoms with Gasteiger partial charge < -0.3 is 14.4 Å². The monoisotopic (exact) mass is 239 g/mol. The molecule has 0 bridgehead atoms. The summed E-state index contributed by atoms with van der Waals surface area (Å²) in [6.45, 7) is 1.29. The molecule has 86 valence electrons. The van der Waals surface area contributed by atoms with Gasteiger partial charge in [0.15, 0.2) is 11.5 Å². The molecule has 1 aromatic carbocycles. The van der Waals surface area contributed by atoms with Crippen molar-refractivity contribution in [1.82, 2.24) is 0 Å². The molecule has 0 aliphatic carbocycles. The van der Waals surface area contributed by atoms with Crippen molar-refractivity contribution in [2.24, 2.45) is 0 Å². The molecule has 0 N–H and O–H groups in total. The molecule has 1 aliphatic heterocycles. The van der Waals surface area contributed by atoms with Crippen LogP contribution in [0.2, 0.25) is 0 Å². The van der Waals surface area contributed by atoms with Crippen LogP contribution < -0.4 is 14.4 Å². The highest BCUT2D eigenvalue weighted by Crippen LogP contribution is 2.33. The SMILES string of the molecule is CN(C(=O)S)c1ccc2c(c1)OCCCO2. The Labute approximate surface area is 99.6 Å². The second kappa shape index (κ2) is 4.65. The minimum Gasteiger partial charge on any atom is -0.490 e. The molecule has 16 heavy (non-hydrogen) atoms. The zero-order chi connectivity index (χ0) is 11.5. The number of carbonyl (C=O) groups is 1. The van der Waals surface area contributed by atoms with Gasteiger partial charge in [0, 0.05) is 25.2 Å². The predicted molar refractivity (Wildman–Crippen MR) is 64.8 cm³/mol. The van der Waals surface area contributed by atoms with Gasteiger partial charge in [0.05, 0.1) is 13.2 Å². The van der Waals surface area contributed by atoms with E-state index in [4.69, 9.17) is 9.47 Å². The first kappa shape index (κ1) is 11.1. The third-order valence-corrected chi connectivity index (χ3v) is 2.71. The summed E-state index contributed by atoms with van der Waals surface area (Å²) in [5.74, 6) is 1.40. The standard InChI is InChI=1S/C11H13NO3S/c1-12(11(13)16)8-3-4-9-10(7-8)15-6-2-5-14-9/h3-4,7H,2,5-6H2,1H3,(H,13,16). The lowest BCUT2D eigenvalue weighted by Crippen LogP contribution is -2.19. The first-order chi connectivity index (χ1) is 7.68. The summed E-state index contributed by atoms with van der Waals surface area (Å²) < 4.78 is 11.0. The van der Waals surface area contributed by atoms with E-state index < -0.39 is 0 Å². The van der Waals surface area contributed by atoms with Crippen LogP contribution in [-0.4, -0.2) is 25.5 Å². The maximum atomic E-state index is 11.1. The van der Waals surface area contributed by atoms with Crippen LogP contribution in [0.15, 0.2) is 18.2 Å². The summed E-state index contributed by atoms with van der Waals surface area (Å²) in [5.41, 5.74) is 0.740. The summed E-state index contributed by atoms with van der Waals surface area (Å²) in [5, 5.41) is -0.311. The van der Waals surface area contributed by atoms with Gasteiger partial charge in [0.1, 0.15) is 0 Å².